The first kappa shape index (κ1) is 20.3. The Morgan fingerprint density at radius 3 is 2.19 bits per heavy atom. The topological polar surface area (TPSA) is 81.7 Å². The lowest BCUT2D eigenvalue weighted by Gasteiger charge is -2.15. The monoisotopic (exact) mass is 415 g/mol. The molecule has 3 aromatic carbocycles. The van der Waals surface area contributed by atoms with Crippen LogP contribution in [0.15, 0.2) is 60.7 Å². The van der Waals surface area contributed by atoms with Crippen molar-refractivity contribution in [3.05, 3.63) is 88.5 Å². The fourth-order valence-corrected chi connectivity index (χ4v) is 4.01. The molecule has 0 unspecified atom stereocenters. The third-order valence-corrected chi connectivity index (χ3v) is 5.57. The third kappa shape index (κ3) is 3.80. The van der Waals surface area contributed by atoms with E-state index in [4.69, 9.17) is 9.47 Å². The number of carbonyl (C=O) groups is 3. The van der Waals surface area contributed by atoms with Gasteiger partial charge in [-0.15, -0.1) is 0 Å². The van der Waals surface area contributed by atoms with Gasteiger partial charge in [-0.25, -0.2) is 9.59 Å². The average Bonchev–Trinajstić information content (AvgIpc) is 3.12. The van der Waals surface area contributed by atoms with Gasteiger partial charge < -0.3 is 9.47 Å². The highest BCUT2D eigenvalue weighted by molar-refractivity contribution is 5.97. The molecule has 0 saturated carbocycles. The fraction of sp³-hybridized carbons (Fsp3) is 0.160. The summed E-state index contributed by atoms with van der Waals surface area (Å²) < 4.78 is 10.3. The van der Waals surface area contributed by atoms with Crippen LogP contribution in [0.3, 0.4) is 0 Å². The average molecular weight is 415 g/mol. The Kier molecular flexibility index (Phi) is 5.54. The molecule has 0 bridgehead atoms. The summed E-state index contributed by atoms with van der Waals surface area (Å²) in [4.78, 5) is 35.8. The zero-order valence-electron chi connectivity index (χ0n) is 17.2. The first-order valence-electron chi connectivity index (χ1n) is 9.83. The lowest BCUT2D eigenvalue weighted by molar-refractivity contribution is 0.0600. The van der Waals surface area contributed by atoms with E-state index in [-0.39, 0.29) is 29.3 Å². The highest BCUT2D eigenvalue weighted by Gasteiger charge is 2.29. The van der Waals surface area contributed by atoms with E-state index >= 15 is 0 Å². The van der Waals surface area contributed by atoms with Gasteiger partial charge in [0, 0.05) is 17.2 Å². The molecule has 0 aliphatic heterocycles. The predicted molar refractivity (Wildman–Crippen MR) is 117 cm³/mol. The van der Waals surface area contributed by atoms with Gasteiger partial charge in [0.1, 0.15) is 12.9 Å². The molecule has 6 heteroatoms. The van der Waals surface area contributed by atoms with Crippen molar-refractivity contribution < 1.29 is 23.9 Å². The molecule has 0 fully saturated rings. The molecule has 0 heterocycles. The Morgan fingerprint density at radius 2 is 1.61 bits per heavy atom. The number of hydrogen-bond acceptors (Lipinski definition) is 5. The first-order valence-corrected chi connectivity index (χ1v) is 9.83. The number of methoxy groups -OCH3 is 1. The van der Waals surface area contributed by atoms with Crippen molar-refractivity contribution in [2.24, 2.45) is 0 Å². The molecular formula is C25H21NO5. The number of carbonyl (C=O) groups excluding carboxylic acids is 3. The van der Waals surface area contributed by atoms with E-state index in [9.17, 15) is 14.4 Å². The van der Waals surface area contributed by atoms with E-state index in [0.717, 1.165) is 22.3 Å². The molecule has 0 radical (unpaired) electrons. The zero-order chi connectivity index (χ0) is 22.0. The van der Waals surface area contributed by atoms with Crippen LogP contribution in [0.1, 0.15) is 43.3 Å². The van der Waals surface area contributed by atoms with Crippen molar-refractivity contribution in [1.82, 2.24) is 0 Å². The molecule has 31 heavy (non-hydrogen) atoms. The lowest BCUT2D eigenvalue weighted by atomic mass is 9.98. The van der Waals surface area contributed by atoms with Gasteiger partial charge in [0.05, 0.1) is 12.7 Å². The zero-order valence-corrected chi connectivity index (χ0v) is 17.2. The molecule has 1 aliphatic carbocycles. The van der Waals surface area contributed by atoms with E-state index in [1.807, 2.05) is 36.4 Å². The third-order valence-electron chi connectivity index (χ3n) is 5.57. The highest BCUT2D eigenvalue weighted by atomic mass is 16.5. The quantitative estimate of drug-likeness (QED) is 0.471. The molecule has 156 valence electrons. The summed E-state index contributed by atoms with van der Waals surface area (Å²) >= 11 is 0. The van der Waals surface area contributed by atoms with Crippen molar-refractivity contribution in [3.8, 4) is 11.1 Å². The van der Waals surface area contributed by atoms with Crippen molar-refractivity contribution in [2.45, 2.75) is 12.8 Å². The van der Waals surface area contributed by atoms with Crippen molar-refractivity contribution >= 4 is 24.0 Å². The number of amides is 1. The number of aldehydes is 1. The first-order chi connectivity index (χ1) is 15.0. The van der Waals surface area contributed by atoms with Crippen molar-refractivity contribution in [2.75, 3.05) is 19.0 Å². The Morgan fingerprint density at radius 1 is 1.00 bits per heavy atom. The molecule has 6 nitrogen and oxygen atoms in total. The maximum Gasteiger partial charge on any atom is 0.411 e. The molecule has 0 spiro atoms. The number of hydrogen-bond donors (Lipinski definition) is 1. The van der Waals surface area contributed by atoms with Crippen LogP contribution in [0.4, 0.5) is 10.5 Å². The molecular weight excluding hydrogens is 394 g/mol. The van der Waals surface area contributed by atoms with Crippen LogP contribution in [-0.2, 0) is 9.47 Å². The summed E-state index contributed by atoms with van der Waals surface area (Å²) in [5.74, 6) is -0.649. The van der Waals surface area contributed by atoms with Gasteiger partial charge in [-0.2, -0.15) is 0 Å². The van der Waals surface area contributed by atoms with Crippen LogP contribution in [-0.4, -0.2) is 32.1 Å². The molecule has 4 rings (SSSR count). The van der Waals surface area contributed by atoms with Gasteiger partial charge >= 0.3 is 12.1 Å². The van der Waals surface area contributed by atoms with Crippen LogP contribution >= 0.6 is 0 Å². The molecule has 1 amide bonds. The van der Waals surface area contributed by atoms with Gasteiger partial charge in [-0.05, 0) is 46.9 Å². The summed E-state index contributed by atoms with van der Waals surface area (Å²) in [6.45, 7) is 1.81. The van der Waals surface area contributed by atoms with Crippen LogP contribution in [0.25, 0.3) is 11.1 Å². The van der Waals surface area contributed by atoms with Crippen LogP contribution in [0.2, 0.25) is 0 Å². The standard InChI is InChI=1S/C25H21NO5/c1-15-16(13-27)11-17(12-22(15)24(28)30-2)26-25(29)31-14-23-20-9-5-3-7-18(20)19-8-4-6-10-21(19)23/h3-13,23H,14H2,1-2H3,(H,26,29). The number of benzene rings is 3. The predicted octanol–water partition coefficient (Wildman–Crippen LogP) is 4.96. The molecule has 1 N–H and O–H groups in total. The van der Waals surface area contributed by atoms with Crippen molar-refractivity contribution in [3.63, 3.8) is 0 Å². The van der Waals surface area contributed by atoms with Crippen LogP contribution in [0.5, 0.6) is 0 Å². The van der Waals surface area contributed by atoms with E-state index in [1.54, 1.807) is 6.92 Å². The van der Waals surface area contributed by atoms with Gasteiger partial charge in [0.25, 0.3) is 0 Å². The Labute approximate surface area is 179 Å². The summed E-state index contributed by atoms with van der Waals surface area (Å²) in [6, 6.07) is 19.1. The van der Waals surface area contributed by atoms with E-state index in [2.05, 4.69) is 17.4 Å². The summed E-state index contributed by atoms with van der Waals surface area (Å²) in [7, 11) is 1.26. The summed E-state index contributed by atoms with van der Waals surface area (Å²) in [6.07, 6.45) is -0.0385. The number of anilines is 1. The summed E-state index contributed by atoms with van der Waals surface area (Å²) in [5, 5.41) is 2.61. The lowest BCUT2D eigenvalue weighted by Crippen LogP contribution is -2.18. The second-order valence-corrected chi connectivity index (χ2v) is 7.30. The summed E-state index contributed by atoms with van der Waals surface area (Å²) in [5.41, 5.74) is 5.78. The van der Waals surface area contributed by atoms with Crippen LogP contribution < -0.4 is 5.32 Å². The molecule has 1 aliphatic rings. The van der Waals surface area contributed by atoms with Gasteiger partial charge in [-0.3, -0.25) is 10.1 Å². The normalized spacial score (nSPS) is 11.9. The molecule has 0 atom stereocenters. The van der Waals surface area contributed by atoms with Crippen molar-refractivity contribution in [1.29, 1.82) is 0 Å². The van der Waals surface area contributed by atoms with Gasteiger partial charge in [0.2, 0.25) is 0 Å². The highest BCUT2D eigenvalue weighted by Crippen LogP contribution is 2.44. The van der Waals surface area contributed by atoms with Gasteiger partial charge in [0.15, 0.2) is 0 Å². The van der Waals surface area contributed by atoms with E-state index in [1.165, 1.54) is 19.2 Å². The van der Waals surface area contributed by atoms with Crippen LogP contribution in [0, 0.1) is 6.92 Å². The Hall–Kier alpha value is -3.93. The SMILES string of the molecule is COC(=O)c1cc(NC(=O)OCC2c3ccccc3-c3ccccc32)cc(C=O)c1C. The van der Waals surface area contributed by atoms with E-state index in [0.29, 0.717) is 11.8 Å². The Bertz CT molecular complexity index is 1140. The maximum atomic E-state index is 12.5. The number of ether oxygens (including phenoxy) is 2. The Balaban J connectivity index is 1.52. The molecule has 0 aromatic heterocycles. The number of esters is 1. The minimum Gasteiger partial charge on any atom is -0.465 e. The fourth-order valence-electron chi connectivity index (χ4n) is 4.01. The number of nitrogens with one attached hydrogen (secondary N) is 1. The smallest absolute Gasteiger partial charge is 0.411 e. The second-order valence-electron chi connectivity index (χ2n) is 7.30. The maximum absolute atomic E-state index is 12.5. The number of fused-ring (bicyclic) bond motifs is 3. The second kappa shape index (κ2) is 8.44. The largest absolute Gasteiger partial charge is 0.465 e. The van der Waals surface area contributed by atoms with E-state index < -0.39 is 12.1 Å². The number of rotatable bonds is 5. The minimum atomic E-state index is -0.668. The minimum absolute atomic E-state index is 0.0627. The molecule has 0 saturated heterocycles. The molecule has 3 aromatic rings. The van der Waals surface area contributed by atoms with Gasteiger partial charge in [-0.1, -0.05) is 48.5 Å².